The molecule has 4 heterocycles. The molecular weight excluding hydrogens is 608 g/mol. The SMILES string of the molecule is COc1ccc(-c2oc(CC(=O)NO)nc2-c2ccncc2)cc1.O=C(Cc1nc(-c2ccncc2)c(-c2ccc(O)cc2)o1)NO. The smallest absolute Gasteiger partial charge is 0.252 e. The third-order valence-corrected chi connectivity index (χ3v) is 6.61. The van der Waals surface area contributed by atoms with Crippen molar-refractivity contribution in [2.75, 3.05) is 7.11 Å². The van der Waals surface area contributed by atoms with Crippen molar-refractivity contribution in [2.45, 2.75) is 12.8 Å². The predicted molar refractivity (Wildman–Crippen MR) is 166 cm³/mol. The molecule has 47 heavy (non-hydrogen) atoms. The van der Waals surface area contributed by atoms with Gasteiger partial charge in [-0.2, -0.15) is 0 Å². The van der Waals surface area contributed by atoms with Gasteiger partial charge in [-0.3, -0.25) is 30.0 Å². The highest BCUT2D eigenvalue weighted by molar-refractivity contribution is 5.80. The molecule has 0 aliphatic rings. The van der Waals surface area contributed by atoms with Crippen LogP contribution in [0, 0.1) is 0 Å². The van der Waals surface area contributed by atoms with E-state index in [0.29, 0.717) is 28.5 Å². The molecule has 2 aromatic carbocycles. The summed E-state index contributed by atoms with van der Waals surface area (Å²) in [6.45, 7) is 0. The first-order valence-electron chi connectivity index (χ1n) is 14.0. The molecule has 0 aliphatic carbocycles. The van der Waals surface area contributed by atoms with Crippen LogP contribution in [0.2, 0.25) is 0 Å². The molecule has 0 bridgehead atoms. The first-order chi connectivity index (χ1) is 22.9. The average molecular weight is 637 g/mol. The zero-order chi connectivity index (χ0) is 33.2. The van der Waals surface area contributed by atoms with Gasteiger partial charge in [0.05, 0.1) is 7.11 Å². The number of ether oxygens (including phenoxy) is 1. The Morgan fingerprint density at radius 3 is 1.43 bits per heavy atom. The summed E-state index contributed by atoms with van der Waals surface area (Å²) in [5.41, 5.74) is 7.37. The summed E-state index contributed by atoms with van der Waals surface area (Å²) >= 11 is 0. The minimum absolute atomic E-state index is 0.138. The number of methoxy groups -OCH3 is 1. The summed E-state index contributed by atoms with van der Waals surface area (Å²) in [5, 5.41) is 26.7. The van der Waals surface area contributed by atoms with E-state index in [1.807, 2.05) is 24.3 Å². The number of hydrogen-bond donors (Lipinski definition) is 5. The Labute approximate surface area is 267 Å². The van der Waals surface area contributed by atoms with Gasteiger partial charge < -0.3 is 18.7 Å². The Morgan fingerprint density at radius 1 is 0.638 bits per heavy atom. The van der Waals surface area contributed by atoms with E-state index >= 15 is 0 Å². The second-order valence-electron chi connectivity index (χ2n) is 9.74. The third-order valence-electron chi connectivity index (χ3n) is 6.61. The van der Waals surface area contributed by atoms with Crippen LogP contribution >= 0.6 is 0 Å². The Kier molecular flexibility index (Phi) is 10.3. The number of aromatic hydroxyl groups is 1. The Balaban J connectivity index is 0.000000185. The molecule has 5 N–H and O–H groups in total. The molecule has 0 fully saturated rings. The molecule has 6 aromatic rings. The van der Waals surface area contributed by atoms with Crippen LogP contribution < -0.4 is 15.7 Å². The van der Waals surface area contributed by atoms with Crippen molar-refractivity contribution < 1.29 is 38.7 Å². The number of benzene rings is 2. The Bertz CT molecular complexity index is 1930. The number of nitrogens with one attached hydrogen (secondary N) is 2. The molecule has 238 valence electrons. The number of hydroxylamine groups is 2. The van der Waals surface area contributed by atoms with Crippen molar-refractivity contribution in [1.29, 1.82) is 0 Å². The molecule has 0 aliphatic heterocycles. The topological polar surface area (TPSA) is 206 Å². The Hall–Kier alpha value is -6.38. The highest BCUT2D eigenvalue weighted by Crippen LogP contribution is 2.34. The maximum atomic E-state index is 11.4. The monoisotopic (exact) mass is 636 g/mol. The van der Waals surface area contributed by atoms with Gasteiger partial charge >= 0.3 is 0 Å². The van der Waals surface area contributed by atoms with E-state index in [-0.39, 0.29) is 30.4 Å². The van der Waals surface area contributed by atoms with Crippen LogP contribution in [0.1, 0.15) is 11.8 Å². The second-order valence-corrected chi connectivity index (χ2v) is 9.74. The first kappa shape index (κ1) is 32.0. The number of rotatable bonds is 9. The van der Waals surface area contributed by atoms with Gasteiger partial charge in [0.25, 0.3) is 11.8 Å². The quantitative estimate of drug-likeness (QED) is 0.109. The van der Waals surface area contributed by atoms with Crippen LogP contribution in [-0.2, 0) is 22.4 Å². The van der Waals surface area contributed by atoms with Gasteiger partial charge in [0.1, 0.15) is 35.7 Å². The largest absolute Gasteiger partial charge is 0.508 e. The molecule has 14 nitrogen and oxygen atoms in total. The summed E-state index contributed by atoms with van der Waals surface area (Å²) in [5.74, 6) is 1.03. The van der Waals surface area contributed by atoms with Gasteiger partial charge in [-0.1, -0.05) is 0 Å². The van der Waals surface area contributed by atoms with Gasteiger partial charge in [0.15, 0.2) is 11.5 Å². The molecule has 0 saturated carbocycles. The lowest BCUT2D eigenvalue weighted by Crippen LogP contribution is -2.20. The van der Waals surface area contributed by atoms with E-state index in [2.05, 4.69) is 19.9 Å². The minimum Gasteiger partial charge on any atom is -0.508 e. The van der Waals surface area contributed by atoms with Crippen LogP contribution in [0.3, 0.4) is 0 Å². The molecule has 0 saturated heterocycles. The maximum absolute atomic E-state index is 11.4. The van der Waals surface area contributed by atoms with Crippen molar-refractivity contribution in [3.05, 3.63) is 109 Å². The Morgan fingerprint density at radius 2 is 1.04 bits per heavy atom. The number of phenolic OH excluding ortho intramolecular Hbond substituents is 1. The number of amides is 2. The van der Waals surface area contributed by atoms with Gasteiger partial charge in [0.2, 0.25) is 11.8 Å². The summed E-state index contributed by atoms with van der Waals surface area (Å²) < 4.78 is 16.6. The molecule has 6 rings (SSSR count). The number of hydrogen-bond acceptors (Lipinski definition) is 12. The minimum atomic E-state index is -0.621. The summed E-state index contributed by atoms with van der Waals surface area (Å²) in [4.78, 5) is 39.4. The molecule has 2 amide bonds. The first-order valence-corrected chi connectivity index (χ1v) is 14.0. The second kappa shape index (κ2) is 15.1. The van der Waals surface area contributed by atoms with Gasteiger partial charge in [-0.05, 0) is 72.8 Å². The number of oxazole rings is 2. The van der Waals surface area contributed by atoms with E-state index in [4.69, 9.17) is 24.0 Å². The standard InChI is InChI=1S/C17H15N3O4.C16H13N3O4/c1-23-13-4-2-12(3-5-13)17-16(11-6-8-18-9-7-11)19-15(24-17)10-14(21)20-22;20-12-3-1-11(2-4-12)16-15(10-5-7-17-8-6-10)18-14(23-16)9-13(21)19-22/h2-9,22H,10H2,1H3,(H,20,21);1-8,20,22H,9H2,(H,19,21). The lowest BCUT2D eigenvalue weighted by molar-refractivity contribution is -0.129. The van der Waals surface area contributed by atoms with Crippen molar-refractivity contribution in [3.8, 4) is 56.7 Å². The van der Waals surface area contributed by atoms with Gasteiger partial charge in [-0.25, -0.2) is 20.9 Å². The fourth-order valence-corrected chi connectivity index (χ4v) is 4.39. The zero-order valence-corrected chi connectivity index (χ0v) is 24.8. The molecule has 0 atom stereocenters. The maximum Gasteiger partial charge on any atom is 0.252 e. The van der Waals surface area contributed by atoms with Crippen molar-refractivity contribution in [2.24, 2.45) is 0 Å². The average Bonchev–Trinajstić information content (AvgIpc) is 3.74. The molecule has 0 spiro atoms. The highest BCUT2D eigenvalue weighted by Gasteiger charge is 2.20. The molecule has 4 aromatic heterocycles. The zero-order valence-electron chi connectivity index (χ0n) is 24.8. The van der Waals surface area contributed by atoms with E-state index in [1.165, 1.54) is 12.1 Å². The summed E-state index contributed by atoms with van der Waals surface area (Å²) in [7, 11) is 1.59. The van der Waals surface area contributed by atoms with Crippen molar-refractivity contribution >= 4 is 11.8 Å². The van der Waals surface area contributed by atoms with Crippen LogP contribution in [0.4, 0.5) is 0 Å². The fraction of sp³-hybridized carbons (Fsp3) is 0.0909. The number of carbonyl (C=O) groups is 2. The lowest BCUT2D eigenvalue weighted by atomic mass is 10.1. The summed E-state index contributed by atoms with van der Waals surface area (Å²) in [6.07, 6.45) is 6.22. The molecule has 0 radical (unpaired) electrons. The van der Waals surface area contributed by atoms with E-state index < -0.39 is 11.8 Å². The van der Waals surface area contributed by atoms with Crippen LogP contribution in [-0.4, -0.2) is 54.4 Å². The van der Waals surface area contributed by atoms with Crippen molar-refractivity contribution in [1.82, 2.24) is 30.9 Å². The van der Waals surface area contributed by atoms with Crippen molar-refractivity contribution in [3.63, 3.8) is 0 Å². The lowest BCUT2D eigenvalue weighted by Gasteiger charge is -2.03. The number of nitrogens with zero attached hydrogens (tertiary/aromatic N) is 4. The number of carbonyl (C=O) groups excluding carboxylic acids is 2. The molecular formula is C33H28N6O8. The van der Waals surface area contributed by atoms with Gasteiger partial charge in [-0.15, -0.1) is 0 Å². The van der Waals surface area contributed by atoms with Gasteiger partial charge in [0, 0.05) is 47.0 Å². The van der Waals surface area contributed by atoms with E-state index in [1.54, 1.807) is 79.3 Å². The van der Waals surface area contributed by atoms with E-state index in [0.717, 1.165) is 22.4 Å². The van der Waals surface area contributed by atoms with Crippen LogP contribution in [0.5, 0.6) is 11.5 Å². The molecule has 14 heteroatoms. The van der Waals surface area contributed by atoms with Crippen LogP contribution in [0.15, 0.2) is 106 Å². The molecule has 0 unspecified atom stereocenters. The number of pyridine rings is 2. The normalized spacial score (nSPS) is 10.4. The number of phenols is 1. The summed E-state index contributed by atoms with van der Waals surface area (Å²) in [6, 6.07) is 20.9. The highest BCUT2D eigenvalue weighted by atomic mass is 16.5. The fourth-order valence-electron chi connectivity index (χ4n) is 4.39. The van der Waals surface area contributed by atoms with E-state index in [9.17, 15) is 14.7 Å². The third kappa shape index (κ3) is 8.02. The predicted octanol–water partition coefficient (Wildman–Crippen LogP) is 4.62. The van der Waals surface area contributed by atoms with Crippen LogP contribution in [0.25, 0.3) is 45.2 Å². The number of aromatic nitrogens is 4.